The number of ether oxygens (including phenoxy) is 2. The maximum absolute atomic E-state index is 6.21. The van der Waals surface area contributed by atoms with Crippen molar-refractivity contribution in [2.24, 2.45) is 11.8 Å². The van der Waals surface area contributed by atoms with Crippen molar-refractivity contribution in [2.45, 2.75) is 71.3 Å². The molecule has 1 aliphatic heterocycles. The van der Waals surface area contributed by atoms with Crippen LogP contribution in [0.25, 0.3) is 0 Å². The van der Waals surface area contributed by atoms with Crippen LogP contribution in [0.5, 0.6) is 0 Å². The molecule has 3 heteroatoms. The van der Waals surface area contributed by atoms with Gasteiger partial charge in [0, 0.05) is 19.1 Å². The topological polar surface area (TPSA) is 30.5 Å². The molecule has 0 amide bonds. The Labute approximate surface area is 113 Å². The van der Waals surface area contributed by atoms with Gasteiger partial charge in [-0.1, -0.05) is 13.8 Å². The van der Waals surface area contributed by atoms with Gasteiger partial charge in [-0.05, 0) is 47.1 Å². The highest BCUT2D eigenvalue weighted by molar-refractivity contribution is 5.01. The molecule has 1 rings (SSSR count). The van der Waals surface area contributed by atoms with Crippen LogP contribution in [0.4, 0.5) is 0 Å². The van der Waals surface area contributed by atoms with Crippen molar-refractivity contribution < 1.29 is 9.47 Å². The Morgan fingerprint density at radius 3 is 2.06 bits per heavy atom. The van der Waals surface area contributed by atoms with Gasteiger partial charge in [-0.2, -0.15) is 0 Å². The summed E-state index contributed by atoms with van der Waals surface area (Å²) in [5.74, 6) is 0.955. The standard InChI is InChI=1S/C15H31NO2/c1-10(2)13(17-8)12(16-7)11-9-14(3,4)18-15(11,5)6/h10-13,16H,9H2,1-8H3. The maximum Gasteiger partial charge on any atom is 0.0750 e. The third-order valence-electron chi connectivity index (χ3n) is 4.19. The van der Waals surface area contributed by atoms with Gasteiger partial charge in [0.25, 0.3) is 0 Å². The van der Waals surface area contributed by atoms with E-state index in [1.165, 1.54) is 0 Å². The van der Waals surface area contributed by atoms with Crippen molar-refractivity contribution in [2.75, 3.05) is 14.2 Å². The van der Waals surface area contributed by atoms with E-state index >= 15 is 0 Å². The quantitative estimate of drug-likeness (QED) is 0.821. The fraction of sp³-hybridized carbons (Fsp3) is 1.00. The summed E-state index contributed by atoms with van der Waals surface area (Å²) in [7, 11) is 3.84. The van der Waals surface area contributed by atoms with Gasteiger partial charge in [0.2, 0.25) is 0 Å². The maximum atomic E-state index is 6.21. The van der Waals surface area contributed by atoms with Crippen molar-refractivity contribution in [1.82, 2.24) is 5.32 Å². The molecule has 3 unspecified atom stereocenters. The number of hydrogen-bond donors (Lipinski definition) is 1. The summed E-state index contributed by atoms with van der Waals surface area (Å²) >= 11 is 0. The summed E-state index contributed by atoms with van der Waals surface area (Å²) in [6.07, 6.45) is 1.29. The van der Waals surface area contributed by atoms with Crippen LogP contribution in [0.2, 0.25) is 0 Å². The number of nitrogens with one attached hydrogen (secondary N) is 1. The summed E-state index contributed by atoms with van der Waals surface area (Å²) in [6, 6.07) is 0.326. The first-order valence-electron chi connectivity index (χ1n) is 7.05. The van der Waals surface area contributed by atoms with Gasteiger partial charge >= 0.3 is 0 Å². The SMILES string of the molecule is CNC(C(OC)C(C)C)C1CC(C)(C)OC1(C)C. The van der Waals surface area contributed by atoms with E-state index in [1.807, 2.05) is 14.2 Å². The molecule has 0 aromatic heterocycles. The van der Waals surface area contributed by atoms with Crippen LogP contribution in [0, 0.1) is 11.8 Å². The molecule has 3 atom stereocenters. The fourth-order valence-electron chi connectivity index (χ4n) is 3.59. The first-order chi connectivity index (χ1) is 8.14. The zero-order valence-electron chi connectivity index (χ0n) is 13.3. The van der Waals surface area contributed by atoms with Crippen molar-refractivity contribution in [3.8, 4) is 0 Å². The normalized spacial score (nSPS) is 29.5. The van der Waals surface area contributed by atoms with E-state index in [0.29, 0.717) is 17.9 Å². The first kappa shape index (κ1) is 15.9. The molecule has 3 nitrogen and oxygen atoms in total. The minimum Gasteiger partial charge on any atom is -0.380 e. The summed E-state index contributed by atoms with van der Waals surface area (Å²) in [5, 5.41) is 3.46. The van der Waals surface area contributed by atoms with Crippen molar-refractivity contribution in [3.63, 3.8) is 0 Å². The monoisotopic (exact) mass is 257 g/mol. The van der Waals surface area contributed by atoms with E-state index in [1.54, 1.807) is 0 Å². The summed E-state index contributed by atoms with van der Waals surface area (Å²) in [5.41, 5.74) is -0.151. The average molecular weight is 257 g/mol. The molecule has 0 aliphatic carbocycles. The van der Waals surface area contributed by atoms with Gasteiger partial charge in [0.15, 0.2) is 0 Å². The summed E-state index contributed by atoms with van der Waals surface area (Å²) in [6.45, 7) is 13.2. The van der Waals surface area contributed by atoms with Gasteiger partial charge in [0.1, 0.15) is 0 Å². The van der Waals surface area contributed by atoms with Crippen LogP contribution in [-0.4, -0.2) is 37.5 Å². The number of rotatable bonds is 5. The molecule has 0 radical (unpaired) electrons. The van der Waals surface area contributed by atoms with Crippen LogP contribution < -0.4 is 5.32 Å². The number of hydrogen-bond acceptors (Lipinski definition) is 3. The second kappa shape index (κ2) is 5.48. The third-order valence-corrected chi connectivity index (χ3v) is 4.19. The predicted molar refractivity (Wildman–Crippen MR) is 75.8 cm³/mol. The minimum atomic E-state index is -0.108. The van der Waals surface area contributed by atoms with Crippen LogP contribution in [0.1, 0.15) is 48.0 Å². The zero-order chi connectivity index (χ0) is 14.1. The Balaban J connectivity index is 2.95. The molecule has 1 aliphatic rings. The lowest BCUT2D eigenvalue weighted by Crippen LogP contribution is -2.52. The van der Waals surface area contributed by atoms with E-state index in [-0.39, 0.29) is 17.3 Å². The van der Waals surface area contributed by atoms with E-state index in [2.05, 4.69) is 46.9 Å². The van der Waals surface area contributed by atoms with Crippen molar-refractivity contribution >= 4 is 0 Å². The van der Waals surface area contributed by atoms with Crippen molar-refractivity contribution in [3.05, 3.63) is 0 Å². The summed E-state index contributed by atoms with van der Waals surface area (Å²) < 4.78 is 11.9. The van der Waals surface area contributed by atoms with Gasteiger partial charge in [-0.15, -0.1) is 0 Å². The van der Waals surface area contributed by atoms with Crippen LogP contribution >= 0.6 is 0 Å². The molecule has 1 saturated heterocycles. The van der Waals surface area contributed by atoms with Crippen molar-refractivity contribution in [1.29, 1.82) is 0 Å². The van der Waals surface area contributed by atoms with E-state index < -0.39 is 0 Å². The number of methoxy groups -OCH3 is 1. The molecule has 0 aromatic carbocycles. The van der Waals surface area contributed by atoms with Crippen LogP contribution in [0.3, 0.4) is 0 Å². The molecule has 18 heavy (non-hydrogen) atoms. The van der Waals surface area contributed by atoms with Crippen LogP contribution in [0.15, 0.2) is 0 Å². The lowest BCUT2D eigenvalue weighted by atomic mass is 9.77. The highest BCUT2D eigenvalue weighted by atomic mass is 16.5. The Morgan fingerprint density at radius 2 is 1.78 bits per heavy atom. The van der Waals surface area contributed by atoms with Gasteiger partial charge in [-0.3, -0.25) is 0 Å². The van der Waals surface area contributed by atoms with Gasteiger partial charge in [-0.25, -0.2) is 0 Å². The molecule has 0 spiro atoms. The molecule has 1 fully saturated rings. The Bertz CT molecular complexity index is 274. The second-order valence-electron chi connectivity index (χ2n) is 7.03. The van der Waals surface area contributed by atoms with E-state index in [4.69, 9.17) is 9.47 Å². The van der Waals surface area contributed by atoms with E-state index in [0.717, 1.165) is 6.42 Å². The first-order valence-corrected chi connectivity index (χ1v) is 7.05. The molecule has 0 aromatic rings. The highest BCUT2D eigenvalue weighted by Gasteiger charge is 2.50. The molecule has 1 N–H and O–H groups in total. The molecule has 0 bridgehead atoms. The smallest absolute Gasteiger partial charge is 0.0750 e. The molecule has 0 saturated carbocycles. The second-order valence-corrected chi connectivity index (χ2v) is 7.03. The van der Waals surface area contributed by atoms with Gasteiger partial charge < -0.3 is 14.8 Å². The Hall–Kier alpha value is -0.120. The highest BCUT2D eigenvalue weighted by Crippen LogP contribution is 2.44. The lowest BCUT2D eigenvalue weighted by Gasteiger charge is -2.38. The summed E-state index contributed by atoms with van der Waals surface area (Å²) in [4.78, 5) is 0. The fourth-order valence-corrected chi connectivity index (χ4v) is 3.59. The average Bonchev–Trinajstić information content (AvgIpc) is 2.42. The van der Waals surface area contributed by atoms with E-state index in [9.17, 15) is 0 Å². The number of likely N-dealkylation sites (N-methyl/N-ethyl adjacent to an activating group) is 1. The van der Waals surface area contributed by atoms with Crippen LogP contribution in [-0.2, 0) is 9.47 Å². The lowest BCUT2D eigenvalue weighted by molar-refractivity contribution is -0.0863. The molecular formula is C15H31NO2. The Kier molecular flexibility index (Phi) is 4.85. The minimum absolute atomic E-state index is 0.0431. The predicted octanol–water partition coefficient (Wildman–Crippen LogP) is 2.84. The largest absolute Gasteiger partial charge is 0.380 e. The molecule has 1 heterocycles. The van der Waals surface area contributed by atoms with Gasteiger partial charge in [0.05, 0.1) is 17.3 Å². The zero-order valence-corrected chi connectivity index (χ0v) is 13.3. The molecule has 108 valence electrons. The Morgan fingerprint density at radius 1 is 1.22 bits per heavy atom. The third kappa shape index (κ3) is 3.25. The molecular weight excluding hydrogens is 226 g/mol.